The minimum atomic E-state index is 0.678. The molecule has 0 bridgehead atoms. The maximum absolute atomic E-state index is 10.8. The van der Waals surface area contributed by atoms with Gasteiger partial charge >= 0.3 is 0 Å². The number of rotatable bonds is 4. The van der Waals surface area contributed by atoms with Crippen LogP contribution in [0.3, 0.4) is 0 Å². The number of carbonyl (C=O) groups excluding carboxylic acids is 1. The average Bonchev–Trinajstić information content (AvgIpc) is 2.41. The topological polar surface area (TPSA) is 26.3 Å². The molecule has 0 N–H and O–H groups in total. The number of carbonyl (C=O) groups is 1. The Morgan fingerprint density at radius 2 is 1.84 bits per heavy atom. The number of hydrogen-bond acceptors (Lipinski definition) is 2. The van der Waals surface area contributed by atoms with Crippen molar-refractivity contribution in [2.24, 2.45) is 0 Å². The molecular weight excluding hydrogens is 260 g/mol. The summed E-state index contributed by atoms with van der Waals surface area (Å²) in [4.78, 5) is 10.8. The van der Waals surface area contributed by atoms with Crippen molar-refractivity contribution >= 4 is 17.9 Å². The maximum Gasteiger partial charge on any atom is 0.150 e. The van der Waals surface area contributed by atoms with Crippen LogP contribution in [-0.2, 0) is 6.42 Å². The minimum Gasteiger partial charge on any atom is -0.457 e. The highest BCUT2D eigenvalue weighted by atomic mass is 35.5. The Labute approximate surface area is 118 Å². The lowest BCUT2D eigenvalue weighted by Gasteiger charge is -2.09. The SMILES string of the molecule is CCc1cc(Oc2ccc(C=O)c(C)c2)ccc1Cl. The van der Waals surface area contributed by atoms with E-state index in [-0.39, 0.29) is 0 Å². The largest absolute Gasteiger partial charge is 0.457 e. The lowest BCUT2D eigenvalue weighted by molar-refractivity contribution is 0.112. The van der Waals surface area contributed by atoms with Gasteiger partial charge in [0.15, 0.2) is 0 Å². The normalized spacial score (nSPS) is 10.3. The summed E-state index contributed by atoms with van der Waals surface area (Å²) >= 11 is 6.07. The molecule has 19 heavy (non-hydrogen) atoms. The third-order valence-corrected chi connectivity index (χ3v) is 3.37. The summed E-state index contributed by atoms with van der Waals surface area (Å²) in [5.74, 6) is 1.46. The summed E-state index contributed by atoms with van der Waals surface area (Å²) in [7, 11) is 0. The Bertz CT molecular complexity index is 606. The smallest absolute Gasteiger partial charge is 0.150 e. The predicted molar refractivity (Wildman–Crippen MR) is 77.5 cm³/mol. The van der Waals surface area contributed by atoms with Gasteiger partial charge in [-0.3, -0.25) is 4.79 Å². The minimum absolute atomic E-state index is 0.678. The molecule has 0 saturated heterocycles. The highest BCUT2D eigenvalue weighted by molar-refractivity contribution is 6.31. The fourth-order valence-corrected chi connectivity index (χ4v) is 2.12. The van der Waals surface area contributed by atoms with Gasteiger partial charge in [0.1, 0.15) is 17.8 Å². The van der Waals surface area contributed by atoms with Gasteiger partial charge in [-0.05, 0) is 60.9 Å². The second-order valence-electron chi connectivity index (χ2n) is 4.35. The fourth-order valence-electron chi connectivity index (χ4n) is 1.87. The summed E-state index contributed by atoms with van der Waals surface area (Å²) in [5, 5.41) is 0.752. The van der Waals surface area contributed by atoms with E-state index in [2.05, 4.69) is 0 Å². The maximum atomic E-state index is 10.8. The Morgan fingerprint density at radius 3 is 2.47 bits per heavy atom. The van der Waals surface area contributed by atoms with Gasteiger partial charge in [0.25, 0.3) is 0 Å². The van der Waals surface area contributed by atoms with Gasteiger partial charge in [-0.25, -0.2) is 0 Å². The van der Waals surface area contributed by atoms with Crippen LogP contribution in [0.5, 0.6) is 11.5 Å². The molecule has 0 radical (unpaired) electrons. The first kappa shape index (κ1) is 13.6. The summed E-state index contributed by atoms with van der Waals surface area (Å²) in [6.07, 6.45) is 1.70. The summed E-state index contributed by atoms with van der Waals surface area (Å²) < 4.78 is 5.78. The molecule has 0 amide bonds. The molecular formula is C16H15ClO2. The van der Waals surface area contributed by atoms with Crippen molar-refractivity contribution in [2.45, 2.75) is 20.3 Å². The molecule has 0 atom stereocenters. The standard InChI is InChI=1S/C16H15ClO2/c1-3-12-9-15(6-7-16(12)17)19-14-5-4-13(10-18)11(2)8-14/h4-10H,3H2,1-2H3. The van der Waals surface area contributed by atoms with Crippen LogP contribution in [0.1, 0.15) is 28.4 Å². The summed E-state index contributed by atoms with van der Waals surface area (Å²) in [6.45, 7) is 3.93. The van der Waals surface area contributed by atoms with Crippen LogP contribution in [0, 0.1) is 6.92 Å². The molecule has 2 aromatic rings. The number of aryl methyl sites for hydroxylation is 2. The van der Waals surface area contributed by atoms with Gasteiger partial charge in [0.05, 0.1) is 0 Å². The van der Waals surface area contributed by atoms with E-state index in [9.17, 15) is 4.79 Å². The molecule has 0 heterocycles. The Balaban J connectivity index is 2.26. The molecule has 0 unspecified atom stereocenters. The van der Waals surface area contributed by atoms with E-state index in [1.807, 2.05) is 38.1 Å². The molecule has 0 aliphatic heterocycles. The van der Waals surface area contributed by atoms with Crippen molar-refractivity contribution in [2.75, 3.05) is 0 Å². The van der Waals surface area contributed by atoms with Gasteiger partial charge in [0, 0.05) is 10.6 Å². The number of halogens is 1. The van der Waals surface area contributed by atoms with Crippen molar-refractivity contribution in [3.05, 3.63) is 58.1 Å². The molecule has 0 fully saturated rings. The Kier molecular flexibility index (Phi) is 4.23. The predicted octanol–water partition coefficient (Wildman–Crippen LogP) is 4.82. The van der Waals surface area contributed by atoms with Crippen LogP contribution in [-0.4, -0.2) is 6.29 Å². The first-order chi connectivity index (χ1) is 9.13. The second-order valence-corrected chi connectivity index (χ2v) is 4.75. The van der Waals surface area contributed by atoms with E-state index < -0.39 is 0 Å². The fraction of sp³-hybridized carbons (Fsp3) is 0.188. The molecule has 3 heteroatoms. The van der Waals surface area contributed by atoms with E-state index >= 15 is 0 Å². The van der Waals surface area contributed by atoms with Crippen LogP contribution in [0.2, 0.25) is 5.02 Å². The summed E-state index contributed by atoms with van der Waals surface area (Å²) in [6, 6.07) is 11.0. The zero-order valence-corrected chi connectivity index (χ0v) is 11.7. The molecule has 2 aromatic carbocycles. The molecule has 2 nitrogen and oxygen atoms in total. The first-order valence-corrected chi connectivity index (χ1v) is 6.54. The van der Waals surface area contributed by atoms with E-state index in [4.69, 9.17) is 16.3 Å². The molecule has 0 aromatic heterocycles. The molecule has 0 saturated carbocycles. The number of ether oxygens (including phenoxy) is 1. The van der Waals surface area contributed by atoms with E-state index in [1.165, 1.54) is 0 Å². The first-order valence-electron chi connectivity index (χ1n) is 6.16. The monoisotopic (exact) mass is 274 g/mol. The van der Waals surface area contributed by atoms with Gasteiger partial charge in [-0.1, -0.05) is 18.5 Å². The quantitative estimate of drug-likeness (QED) is 0.748. The van der Waals surface area contributed by atoms with Crippen LogP contribution in [0.4, 0.5) is 0 Å². The van der Waals surface area contributed by atoms with Crippen LogP contribution in [0.25, 0.3) is 0 Å². The second kappa shape index (κ2) is 5.89. The number of aldehydes is 1. The Hall–Kier alpha value is -1.80. The number of benzene rings is 2. The van der Waals surface area contributed by atoms with E-state index in [0.717, 1.165) is 34.6 Å². The lowest BCUT2D eigenvalue weighted by Crippen LogP contribution is -1.90. The zero-order chi connectivity index (χ0) is 13.8. The van der Waals surface area contributed by atoms with Crippen molar-refractivity contribution in [1.29, 1.82) is 0 Å². The molecule has 0 spiro atoms. The van der Waals surface area contributed by atoms with Crippen molar-refractivity contribution in [3.8, 4) is 11.5 Å². The average molecular weight is 275 g/mol. The Morgan fingerprint density at radius 1 is 1.16 bits per heavy atom. The molecule has 98 valence electrons. The number of hydrogen-bond donors (Lipinski definition) is 0. The van der Waals surface area contributed by atoms with Crippen LogP contribution in [0.15, 0.2) is 36.4 Å². The zero-order valence-electron chi connectivity index (χ0n) is 10.9. The highest BCUT2D eigenvalue weighted by Gasteiger charge is 2.04. The molecule has 0 aliphatic rings. The third-order valence-electron chi connectivity index (χ3n) is 3.00. The summed E-state index contributed by atoms with van der Waals surface area (Å²) in [5.41, 5.74) is 2.63. The molecule has 0 aliphatic carbocycles. The third kappa shape index (κ3) is 3.15. The highest BCUT2D eigenvalue weighted by Crippen LogP contribution is 2.27. The van der Waals surface area contributed by atoms with Gasteiger partial charge in [-0.15, -0.1) is 0 Å². The van der Waals surface area contributed by atoms with E-state index in [0.29, 0.717) is 11.3 Å². The van der Waals surface area contributed by atoms with Crippen molar-refractivity contribution in [1.82, 2.24) is 0 Å². The van der Waals surface area contributed by atoms with Crippen molar-refractivity contribution < 1.29 is 9.53 Å². The van der Waals surface area contributed by atoms with Gasteiger partial charge < -0.3 is 4.74 Å². The molecule has 2 rings (SSSR count). The van der Waals surface area contributed by atoms with Crippen LogP contribution >= 0.6 is 11.6 Å². The van der Waals surface area contributed by atoms with Gasteiger partial charge in [0.2, 0.25) is 0 Å². The van der Waals surface area contributed by atoms with Crippen molar-refractivity contribution in [3.63, 3.8) is 0 Å². The van der Waals surface area contributed by atoms with E-state index in [1.54, 1.807) is 12.1 Å². The van der Waals surface area contributed by atoms with Gasteiger partial charge in [-0.2, -0.15) is 0 Å². The lowest BCUT2D eigenvalue weighted by atomic mass is 10.1. The van der Waals surface area contributed by atoms with Crippen LogP contribution < -0.4 is 4.74 Å².